The van der Waals surface area contributed by atoms with E-state index in [1.165, 1.54) is 4.90 Å². The Morgan fingerprint density at radius 3 is 2.59 bits per heavy atom. The molecule has 0 aliphatic carbocycles. The number of hydrogen-bond donors (Lipinski definition) is 7. The number of aliphatic hydroxyl groups excluding tert-OH is 5. The van der Waals surface area contributed by atoms with E-state index in [0.717, 1.165) is 0 Å². The fraction of sp³-hybridized carbons (Fsp3) is 0.419. The number of anilines is 2. The van der Waals surface area contributed by atoms with Gasteiger partial charge in [0.05, 0.1) is 17.9 Å². The zero-order valence-corrected chi connectivity index (χ0v) is 26.4. The number of halogens is 1. The third kappa shape index (κ3) is 6.77. The molecule has 2 aliphatic rings. The van der Waals surface area contributed by atoms with Crippen LogP contribution in [0, 0.1) is 5.92 Å². The van der Waals surface area contributed by atoms with E-state index < -0.39 is 54.0 Å². The average molecular weight is 703 g/mol. The summed E-state index contributed by atoms with van der Waals surface area (Å²) in [4.78, 5) is 28.1. The number of benzene rings is 2. The number of fused-ring (bicyclic) bond motifs is 1. The smallest absolute Gasteiger partial charge is 0.264 e. The molecule has 0 spiro atoms. The summed E-state index contributed by atoms with van der Waals surface area (Å²) < 4.78 is 7.36. The second-order valence-electron chi connectivity index (χ2n) is 11.4. The van der Waals surface area contributed by atoms with Gasteiger partial charge in [0, 0.05) is 47.4 Å². The second kappa shape index (κ2) is 14.1. The third-order valence-corrected chi connectivity index (χ3v) is 8.70. The highest BCUT2D eigenvalue weighted by atomic mass is 79.9. The number of nitrogens with one attached hydrogen (secondary N) is 1. The molecule has 14 nitrogen and oxygen atoms in total. The van der Waals surface area contributed by atoms with Gasteiger partial charge in [0.15, 0.2) is 18.0 Å². The van der Waals surface area contributed by atoms with Crippen LogP contribution in [0.5, 0.6) is 0 Å². The molecule has 46 heavy (non-hydrogen) atoms. The zero-order valence-electron chi connectivity index (χ0n) is 24.8. The monoisotopic (exact) mass is 701 g/mol. The largest absolute Gasteiger partial charge is 0.396 e. The first-order valence-electron chi connectivity index (χ1n) is 14.7. The molecule has 2 aromatic carbocycles. The maximum Gasteiger partial charge on any atom is 0.264 e. The molecule has 15 heteroatoms. The van der Waals surface area contributed by atoms with Crippen molar-refractivity contribution in [1.82, 2.24) is 15.0 Å². The van der Waals surface area contributed by atoms with Crippen molar-refractivity contribution in [2.75, 3.05) is 16.8 Å². The van der Waals surface area contributed by atoms with Gasteiger partial charge >= 0.3 is 0 Å². The lowest BCUT2D eigenvalue weighted by Crippen LogP contribution is -2.60. The molecule has 7 atom stereocenters. The van der Waals surface area contributed by atoms with Crippen LogP contribution >= 0.6 is 15.9 Å². The molecule has 3 heterocycles. The van der Waals surface area contributed by atoms with Crippen molar-refractivity contribution in [1.29, 1.82) is 0 Å². The van der Waals surface area contributed by atoms with Crippen LogP contribution in [0.1, 0.15) is 30.2 Å². The Morgan fingerprint density at radius 1 is 1.13 bits per heavy atom. The number of amides is 2. The van der Waals surface area contributed by atoms with E-state index in [2.05, 4.69) is 31.6 Å². The van der Waals surface area contributed by atoms with Crippen LogP contribution in [0.15, 0.2) is 65.3 Å². The minimum absolute atomic E-state index is 0.00520. The molecular formula is C31H36BrN5O9. The Bertz CT molecular complexity index is 1580. The highest BCUT2D eigenvalue weighted by molar-refractivity contribution is 9.10. The number of ether oxygens (including phenoxy) is 1. The summed E-state index contributed by atoms with van der Waals surface area (Å²) in [6.45, 7) is 2.44. The quantitative estimate of drug-likeness (QED) is 0.135. The highest BCUT2D eigenvalue weighted by Gasteiger charge is 2.52. The topological polar surface area (TPSA) is 211 Å². The minimum Gasteiger partial charge on any atom is -0.396 e. The van der Waals surface area contributed by atoms with Gasteiger partial charge in [0.25, 0.3) is 11.8 Å². The van der Waals surface area contributed by atoms with Crippen LogP contribution in [-0.4, -0.2) is 94.8 Å². The van der Waals surface area contributed by atoms with Crippen molar-refractivity contribution in [2.45, 2.75) is 69.2 Å². The summed E-state index contributed by atoms with van der Waals surface area (Å²) in [5, 5.41) is 70.9. The lowest BCUT2D eigenvalue weighted by molar-refractivity contribution is -0.274. The number of hydrogen-bond acceptors (Lipinski definition) is 11. The van der Waals surface area contributed by atoms with Crippen LogP contribution in [-0.2, 0) is 39.4 Å². The molecule has 1 saturated heterocycles. The number of aliphatic hydroxyl groups is 6. The fourth-order valence-electron chi connectivity index (χ4n) is 5.57. The van der Waals surface area contributed by atoms with Crippen LogP contribution < -0.4 is 10.2 Å². The molecule has 2 amide bonds. The van der Waals surface area contributed by atoms with Gasteiger partial charge in [-0.3, -0.25) is 14.3 Å². The Morgan fingerprint density at radius 2 is 1.87 bits per heavy atom. The van der Waals surface area contributed by atoms with Gasteiger partial charge in [-0.05, 0) is 42.3 Å². The molecule has 3 aromatic rings. The fourth-order valence-corrected chi connectivity index (χ4v) is 5.93. The van der Waals surface area contributed by atoms with Gasteiger partial charge in [-0.15, -0.1) is 5.10 Å². The third-order valence-electron chi connectivity index (χ3n) is 8.20. The molecule has 0 saturated carbocycles. The van der Waals surface area contributed by atoms with E-state index in [-0.39, 0.29) is 13.2 Å². The number of carbonyl (C=O) groups excluding carboxylic acids is 2. The molecule has 1 aromatic heterocycles. The maximum absolute atomic E-state index is 13.9. The molecule has 7 N–H and O–H groups in total. The van der Waals surface area contributed by atoms with Gasteiger partial charge < -0.3 is 45.6 Å². The lowest BCUT2D eigenvalue weighted by Gasteiger charge is -2.37. The van der Waals surface area contributed by atoms with Gasteiger partial charge in [-0.2, -0.15) is 0 Å². The Balaban J connectivity index is 1.26. The van der Waals surface area contributed by atoms with Crippen molar-refractivity contribution >= 4 is 39.1 Å². The molecule has 246 valence electrons. The molecule has 2 aliphatic heterocycles. The number of aryl methyl sites for hydroxylation is 1. The van der Waals surface area contributed by atoms with E-state index in [9.17, 15) is 35.1 Å². The van der Waals surface area contributed by atoms with E-state index >= 15 is 0 Å². The first-order valence-corrected chi connectivity index (χ1v) is 15.5. The summed E-state index contributed by atoms with van der Waals surface area (Å²) >= 11 is 3.46. The van der Waals surface area contributed by atoms with Gasteiger partial charge in [-0.1, -0.05) is 52.4 Å². The number of aromatic nitrogens is 3. The summed E-state index contributed by atoms with van der Waals surface area (Å²) in [5.41, 5.74) is 0.929. The Hall–Kier alpha value is -3.54. The number of allylic oxidation sites excluding steroid dienone is 1. The standard InChI is InChI=1S/C31H36BrN5O9/c1-17(4-2-3-12-36-16-21(11-13-38)34-35-36)31(45)22-14-19(32)7-10-23(22)37(30(31)44)15-18-5-8-20(9-6-18)33-28(42)27-25(40)24(39)26(41)29(43)46-27/h2,4-10,14,16-17,24-27,29,38-41,43,45H,3,11-13,15H2,1H3,(H,33,42)/b4-2+/t17-,24+,25+,26-,27+,29-,31+/m1/s1. The summed E-state index contributed by atoms with van der Waals surface area (Å²) in [6, 6.07) is 11.8. The first kappa shape index (κ1) is 33.8. The van der Waals surface area contributed by atoms with Crippen molar-refractivity contribution in [3.05, 3.63) is 82.1 Å². The predicted octanol–water partition coefficient (Wildman–Crippen LogP) is 0.331. The van der Waals surface area contributed by atoms with Crippen LogP contribution in [0.25, 0.3) is 0 Å². The van der Waals surface area contributed by atoms with Crippen molar-refractivity contribution < 1.29 is 45.0 Å². The lowest BCUT2D eigenvalue weighted by atomic mass is 9.83. The van der Waals surface area contributed by atoms with Gasteiger partial charge in [0.1, 0.15) is 18.3 Å². The van der Waals surface area contributed by atoms with Crippen molar-refractivity contribution in [3.63, 3.8) is 0 Å². The second-order valence-corrected chi connectivity index (χ2v) is 12.3. The van der Waals surface area contributed by atoms with Crippen LogP contribution in [0.4, 0.5) is 11.4 Å². The van der Waals surface area contributed by atoms with Crippen LogP contribution in [0.3, 0.4) is 0 Å². The molecule has 5 rings (SSSR count). The van der Waals surface area contributed by atoms with Gasteiger partial charge in [0.2, 0.25) is 0 Å². The van der Waals surface area contributed by atoms with Gasteiger partial charge in [-0.25, -0.2) is 0 Å². The zero-order chi connectivity index (χ0) is 33.2. The summed E-state index contributed by atoms with van der Waals surface area (Å²) in [5.74, 6) is -1.89. The Labute approximate surface area is 272 Å². The van der Waals surface area contributed by atoms with Crippen molar-refractivity contribution in [2.24, 2.45) is 5.92 Å². The summed E-state index contributed by atoms with van der Waals surface area (Å²) in [7, 11) is 0. The number of nitrogens with zero attached hydrogens (tertiary/aromatic N) is 4. The highest BCUT2D eigenvalue weighted by Crippen LogP contribution is 2.46. The SMILES string of the molecule is C[C@H](/C=C/CCn1cc(CCO)nn1)[C@@]1(O)C(=O)N(Cc2ccc(NC(=O)[C@H]3O[C@@H](O)[C@H](O)[C@@H](O)[C@@H]3O)cc2)c2ccc(Br)cc21. The number of carbonyl (C=O) groups is 2. The predicted molar refractivity (Wildman–Crippen MR) is 167 cm³/mol. The Kier molecular flexibility index (Phi) is 10.3. The maximum atomic E-state index is 13.9. The van der Waals surface area contributed by atoms with E-state index in [4.69, 9.17) is 9.84 Å². The van der Waals surface area contributed by atoms with E-state index in [1.54, 1.807) is 66.3 Å². The molecular weight excluding hydrogens is 666 g/mol. The van der Waals surface area contributed by atoms with E-state index in [0.29, 0.717) is 52.1 Å². The normalized spacial score (nSPS) is 26.8. The number of rotatable bonds is 11. The first-order chi connectivity index (χ1) is 21.9. The average Bonchev–Trinajstić information content (AvgIpc) is 3.57. The molecule has 0 unspecified atom stereocenters. The molecule has 1 fully saturated rings. The summed E-state index contributed by atoms with van der Waals surface area (Å²) in [6.07, 6.45) is -2.27. The minimum atomic E-state index is -1.85. The molecule has 0 radical (unpaired) electrons. The molecule has 0 bridgehead atoms. The van der Waals surface area contributed by atoms with Crippen molar-refractivity contribution in [3.8, 4) is 0 Å². The van der Waals surface area contributed by atoms with E-state index in [1.807, 2.05) is 6.08 Å². The van der Waals surface area contributed by atoms with Crippen LogP contribution in [0.2, 0.25) is 0 Å².